The Morgan fingerprint density at radius 2 is 1.79 bits per heavy atom. The first-order chi connectivity index (χ1) is 20.6. The average molecular weight is 611 g/mol. The molecule has 0 saturated heterocycles. The third-order valence-electron chi connectivity index (χ3n) is 7.58. The van der Waals surface area contributed by atoms with Gasteiger partial charge in [0.05, 0.1) is 17.6 Å². The van der Waals surface area contributed by atoms with Gasteiger partial charge in [-0.25, -0.2) is 0 Å². The van der Waals surface area contributed by atoms with Crippen molar-refractivity contribution in [2.75, 3.05) is 6.54 Å². The van der Waals surface area contributed by atoms with Crippen molar-refractivity contribution in [2.24, 2.45) is 5.92 Å². The van der Waals surface area contributed by atoms with Crippen LogP contribution < -0.4 is 5.32 Å². The summed E-state index contributed by atoms with van der Waals surface area (Å²) < 4.78 is 41.8. The van der Waals surface area contributed by atoms with Crippen LogP contribution in [0.5, 0.6) is 0 Å². The number of ketones is 1. The van der Waals surface area contributed by atoms with Gasteiger partial charge in [0.15, 0.2) is 5.78 Å². The Hall–Kier alpha value is -3.58. The van der Waals surface area contributed by atoms with E-state index in [1.807, 2.05) is 25.1 Å². The molecule has 43 heavy (non-hydrogen) atoms. The van der Waals surface area contributed by atoms with Gasteiger partial charge in [-0.1, -0.05) is 69.0 Å². The number of amides is 1. The van der Waals surface area contributed by atoms with Crippen molar-refractivity contribution in [1.82, 2.24) is 9.88 Å². The van der Waals surface area contributed by atoms with Crippen LogP contribution in [-0.2, 0) is 6.42 Å². The van der Waals surface area contributed by atoms with E-state index in [4.69, 9.17) is 11.6 Å². The number of allylic oxidation sites excluding steroid dienone is 6. The maximum atomic E-state index is 14.4. The number of nitrogens with one attached hydrogen (secondary N) is 1. The lowest BCUT2D eigenvalue weighted by atomic mass is 9.88. The van der Waals surface area contributed by atoms with E-state index in [1.165, 1.54) is 6.08 Å². The summed E-state index contributed by atoms with van der Waals surface area (Å²) in [7, 11) is 0. The van der Waals surface area contributed by atoms with Crippen molar-refractivity contribution >= 4 is 39.9 Å². The molecule has 0 fully saturated rings. The number of benzene rings is 2. The van der Waals surface area contributed by atoms with Gasteiger partial charge < -0.3 is 9.88 Å². The van der Waals surface area contributed by atoms with Crippen LogP contribution in [0.2, 0.25) is 5.02 Å². The Kier molecular flexibility index (Phi) is 11.1. The van der Waals surface area contributed by atoms with Crippen LogP contribution in [0.3, 0.4) is 0 Å². The Morgan fingerprint density at radius 3 is 2.49 bits per heavy atom. The predicted octanol–water partition coefficient (Wildman–Crippen LogP) is 9.74. The molecule has 8 heteroatoms. The first kappa shape index (κ1) is 32.3. The van der Waals surface area contributed by atoms with Crippen LogP contribution in [0.4, 0.5) is 13.2 Å². The zero-order chi connectivity index (χ0) is 31.0. The highest BCUT2D eigenvalue weighted by Gasteiger charge is 2.30. The van der Waals surface area contributed by atoms with Crippen LogP contribution >= 0.6 is 11.6 Å². The zero-order valence-electron chi connectivity index (χ0n) is 24.6. The summed E-state index contributed by atoms with van der Waals surface area (Å²) in [6.07, 6.45) is 6.52. The Bertz CT molecular complexity index is 1530. The van der Waals surface area contributed by atoms with Crippen LogP contribution in [0.1, 0.15) is 85.2 Å². The van der Waals surface area contributed by atoms with Gasteiger partial charge in [-0.2, -0.15) is 13.2 Å². The van der Waals surface area contributed by atoms with Gasteiger partial charge in [0, 0.05) is 34.1 Å². The van der Waals surface area contributed by atoms with Crippen molar-refractivity contribution in [3.63, 3.8) is 0 Å². The molecule has 4 nitrogen and oxygen atoms in total. The number of aromatic nitrogens is 1. The van der Waals surface area contributed by atoms with E-state index in [-0.39, 0.29) is 23.2 Å². The molecule has 1 aliphatic rings. The summed E-state index contributed by atoms with van der Waals surface area (Å²) in [6.45, 7) is 4.71. The molecular formula is C35H38ClF3N2O2. The first-order valence-corrected chi connectivity index (χ1v) is 15.3. The molecule has 3 aromatic rings. The topological polar surface area (TPSA) is 51.1 Å². The van der Waals surface area contributed by atoms with E-state index in [2.05, 4.69) is 12.2 Å². The van der Waals surface area contributed by atoms with Gasteiger partial charge in [0.25, 0.3) is 5.91 Å². The van der Waals surface area contributed by atoms with Gasteiger partial charge >= 0.3 is 6.18 Å². The fraction of sp³-hybridized carbons (Fsp3) is 0.371. The molecule has 1 heterocycles. The highest BCUT2D eigenvalue weighted by atomic mass is 35.5. The highest BCUT2D eigenvalue weighted by Crippen LogP contribution is 2.34. The maximum absolute atomic E-state index is 14.4. The third kappa shape index (κ3) is 8.73. The molecule has 1 atom stereocenters. The molecule has 1 amide bonds. The van der Waals surface area contributed by atoms with Crippen LogP contribution in [0.15, 0.2) is 78.4 Å². The molecule has 0 radical (unpaired) electrons. The molecule has 0 spiro atoms. The fourth-order valence-electron chi connectivity index (χ4n) is 5.44. The standard InChI is InChI=1S/C35H38ClF3N2O2/c1-3-5-6-10-27(19-24-12-14-26(15-13-24)34(43)40-18-4-2)33(42)32-22-28-21-29(36)16-17-31(28)41(32)30-11-8-7-9-25(20-30)23-35(37,38)39/h8-9,11-17,20-22,27H,3-7,10,18-19,23H2,1-2H3,(H,40,43). The molecule has 4 rings (SSSR count). The normalized spacial score (nSPS) is 14.3. The van der Waals surface area contributed by atoms with Crippen molar-refractivity contribution < 1.29 is 22.8 Å². The molecular weight excluding hydrogens is 573 g/mol. The number of hydrogen-bond donors (Lipinski definition) is 1. The van der Waals surface area contributed by atoms with E-state index in [9.17, 15) is 22.8 Å². The lowest BCUT2D eigenvalue weighted by Crippen LogP contribution is -2.24. The lowest BCUT2D eigenvalue weighted by Gasteiger charge is -2.19. The Labute approximate surface area is 256 Å². The predicted molar refractivity (Wildman–Crippen MR) is 168 cm³/mol. The minimum atomic E-state index is -4.35. The second kappa shape index (κ2) is 14.7. The minimum Gasteiger partial charge on any atom is -0.352 e. The number of halogens is 4. The van der Waals surface area contributed by atoms with Crippen LogP contribution in [0.25, 0.3) is 16.6 Å². The molecule has 1 N–H and O–H groups in total. The summed E-state index contributed by atoms with van der Waals surface area (Å²) in [5, 5.41) is 4.12. The quantitative estimate of drug-likeness (QED) is 0.155. The van der Waals surface area contributed by atoms with Gasteiger partial charge in [0.1, 0.15) is 0 Å². The summed E-state index contributed by atoms with van der Waals surface area (Å²) in [5.41, 5.74) is 3.28. The number of fused-ring (bicyclic) bond motifs is 1. The van der Waals surface area contributed by atoms with E-state index in [1.54, 1.807) is 53.1 Å². The van der Waals surface area contributed by atoms with Crippen molar-refractivity contribution in [2.45, 2.75) is 71.4 Å². The van der Waals surface area contributed by atoms with E-state index < -0.39 is 12.6 Å². The van der Waals surface area contributed by atoms with E-state index in [0.29, 0.717) is 53.3 Å². The molecule has 228 valence electrons. The largest absolute Gasteiger partial charge is 0.393 e. The average Bonchev–Trinajstić information content (AvgIpc) is 3.19. The molecule has 0 saturated carbocycles. The molecule has 0 aliphatic heterocycles. The molecule has 1 aliphatic carbocycles. The summed E-state index contributed by atoms with van der Waals surface area (Å²) in [6, 6.07) is 14.4. The van der Waals surface area contributed by atoms with Crippen LogP contribution in [-0.4, -0.2) is 29.0 Å². The number of carbonyl (C=O) groups is 2. The molecule has 1 aromatic heterocycles. The van der Waals surface area contributed by atoms with Gasteiger partial charge in [-0.15, -0.1) is 0 Å². The minimum absolute atomic E-state index is 0.0758. The summed E-state index contributed by atoms with van der Waals surface area (Å²) in [5.74, 6) is -0.561. The third-order valence-corrected chi connectivity index (χ3v) is 7.81. The zero-order valence-corrected chi connectivity index (χ0v) is 25.4. The number of rotatable bonds is 13. The highest BCUT2D eigenvalue weighted by molar-refractivity contribution is 6.31. The lowest BCUT2D eigenvalue weighted by molar-refractivity contribution is -0.126. The fourth-order valence-corrected chi connectivity index (χ4v) is 5.62. The summed E-state index contributed by atoms with van der Waals surface area (Å²) >= 11 is 6.30. The van der Waals surface area contributed by atoms with Crippen molar-refractivity contribution in [3.8, 4) is 0 Å². The maximum Gasteiger partial charge on any atom is 0.393 e. The summed E-state index contributed by atoms with van der Waals surface area (Å²) in [4.78, 5) is 26.8. The monoisotopic (exact) mass is 610 g/mol. The Morgan fingerprint density at radius 1 is 1.02 bits per heavy atom. The number of unbranched alkanes of at least 4 members (excludes halogenated alkanes) is 2. The molecule has 2 aromatic carbocycles. The van der Waals surface area contributed by atoms with Crippen molar-refractivity contribution in [1.29, 1.82) is 0 Å². The Balaban J connectivity index is 1.73. The first-order valence-electron chi connectivity index (χ1n) is 15.0. The smallest absolute Gasteiger partial charge is 0.352 e. The number of carbonyl (C=O) groups excluding carboxylic acids is 2. The second-order valence-corrected chi connectivity index (χ2v) is 11.5. The van der Waals surface area contributed by atoms with Gasteiger partial charge in [0.2, 0.25) is 0 Å². The van der Waals surface area contributed by atoms with Crippen molar-refractivity contribution in [3.05, 3.63) is 100 Å². The van der Waals surface area contributed by atoms with E-state index in [0.717, 1.165) is 36.6 Å². The number of alkyl halides is 3. The second-order valence-electron chi connectivity index (χ2n) is 11.1. The SMILES string of the molecule is CCCCCC(Cc1ccc(C(=O)NCCC)cc1)C(=O)c1cc2cc(Cl)ccc2n1C1=CC(CC(F)(F)F)=CCC=C1. The number of hydrogen-bond acceptors (Lipinski definition) is 2. The van der Waals surface area contributed by atoms with E-state index >= 15 is 0 Å². The molecule has 0 bridgehead atoms. The van der Waals surface area contributed by atoms with Gasteiger partial charge in [-0.3, -0.25) is 9.59 Å². The van der Waals surface area contributed by atoms with Gasteiger partial charge in [-0.05, 0) is 85.4 Å². The molecule has 1 unspecified atom stereocenters. The number of Topliss-reactive ketones (excluding diaryl/α,β-unsaturated/α-hetero) is 1. The van der Waals surface area contributed by atoms with Crippen LogP contribution in [0, 0.1) is 5.92 Å². The number of nitrogens with zero attached hydrogens (tertiary/aromatic N) is 1.